The normalized spacial score (nSPS) is 23.7. The van der Waals surface area contributed by atoms with Crippen LogP contribution in [0.15, 0.2) is 29.1 Å². The lowest BCUT2D eigenvalue weighted by molar-refractivity contribution is -0.453. The van der Waals surface area contributed by atoms with E-state index in [1.165, 1.54) is 4.57 Å². The molecule has 3 N–H and O–H groups in total. The van der Waals surface area contributed by atoms with E-state index >= 15 is 0 Å². The minimum atomic E-state index is -1.40. The largest absolute Gasteiger partial charge is 0.624 e. The predicted molar refractivity (Wildman–Crippen MR) is 80.9 cm³/mol. The fourth-order valence-electron chi connectivity index (χ4n) is 3.41. The molecule has 0 saturated carbocycles. The van der Waals surface area contributed by atoms with E-state index in [1.807, 2.05) is 6.07 Å². The molecule has 0 fully saturated rings. The number of hydrogen-bond donors (Lipinski definition) is 1. The molecule has 0 radical (unpaired) electrons. The Morgan fingerprint density at radius 3 is 2.86 bits per heavy atom. The van der Waals surface area contributed by atoms with Gasteiger partial charge in [0.15, 0.2) is 12.4 Å². The molecule has 7 nitrogen and oxygen atoms in total. The van der Waals surface area contributed by atoms with Gasteiger partial charge in [-0.25, -0.2) is 9.72 Å². The van der Waals surface area contributed by atoms with Gasteiger partial charge in [0.05, 0.1) is 10.9 Å². The maximum absolute atomic E-state index is 12.5. The van der Waals surface area contributed by atoms with Gasteiger partial charge in [0.2, 0.25) is 11.3 Å². The van der Waals surface area contributed by atoms with Crippen LogP contribution in [0.2, 0.25) is 0 Å². The van der Waals surface area contributed by atoms with Gasteiger partial charge in [-0.3, -0.25) is 9.36 Å². The Balaban J connectivity index is 0.00000144. The molecule has 0 saturated heterocycles. The molecule has 0 aliphatic carbocycles. The van der Waals surface area contributed by atoms with Crippen LogP contribution in [-0.2, 0) is 12.1 Å². The lowest BCUT2D eigenvalue weighted by Gasteiger charge is -2.20. The molecule has 1 aromatic heterocycles. The fourth-order valence-corrected chi connectivity index (χ4v) is 3.41. The molecule has 0 spiro atoms. The molecule has 2 aromatic rings. The summed E-state index contributed by atoms with van der Waals surface area (Å²) in [6, 6.07) is 7.09. The van der Waals surface area contributed by atoms with Crippen LogP contribution in [0.1, 0.15) is 25.1 Å². The Hall–Kier alpha value is -2.25. The molecule has 0 amide bonds. The Bertz CT molecular complexity index is 842. The third-order valence-corrected chi connectivity index (χ3v) is 4.48. The van der Waals surface area contributed by atoms with Crippen molar-refractivity contribution in [3.8, 4) is 0 Å². The molecule has 2 aliphatic heterocycles. The van der Waals surface area contributed by atoms with Gasteiger partial charge in [0.1, 0.15) is 0 Å². The highest BCUT2D eigenvalue weighted by Crippen LogP contribution is 2.34. The zero-order chi connectivity index (χ0) is 14.6. The number of para-hydroxylation sites is 1. The number of hydrogen-bond acceptors (Lipinski definition) is 4. The summed E-state index contributed by atoms with van der Waals surface area (Å²) in [6.07, 6.45) is 1.63. The first-order valence-electron chi connectivity index (χ1n) is 7.15. The third-order valence-electron chi connectivity index (χ3n) is 4.48. The van der Waals surface area contributed by atoms with Crippen molar-refractivity contribution >= 4 is 16.6 Å². The van der Waals surface area contributed by atoms with E-state index < -0.39 is 5.60 Å². The van der Waals surface area contributed by atoms with Crippen molar-refractivity contribution in [2.24, 2.45) is 0 Å². The SMILES string of the molecule is O.O=c1c2ccccc2nc2n1CC[C@]2(O)C1=[N+]([O-])CCC1. The van der Waals surface area contributed by atoms with Gasteiger partial charge >= 0.3 is 0 Å². The summed E-state index contributed by atoms with van der Waals surface area (Å²) in [6.45, 7) is 0.787. The van der Waals surface area contributed by atoms with Crippen LogP contribution in [0, 0.1) is 5.21 Å². The second kappa shape index (κ2) is 4.89. The molecule has 1 atom stereocenters. The summed E-state index contributed by atoms with van der Waals surface area (Å²) in [4.78, 5) is 17.0. The zero-order valence-corrected chi connectivity index (χ0v) is 12.0. The smallest absolute Gasteiger partial charge is 0.261 e. The van der Waals surface area contributed by atoms with Crippen LogP contribution in [0.3, 0.4) is 0 Å². The van der Waals surface area contributed by atoms with Crippen molar-refractivity contribution in [2.45, 2.75) is 31.4 Å². The second-order valence-corrected chi connectivity index (χ2v) is 5.67. The molecule has 4 rings (SSSR count). The Morgan fingerprint density at radius 1 is 1.36 bits per heavy atom. The van der Waals surface area contributed by atoms with Crippen molar-refractivity contribution in [1.29, 1.82) is 0 Å². The van der Waals surface area contributed by atoms with Crippen LogP contribution in [0.25, 0.3) is 10.9 Å². The predicted octanol–water partition coefficient (Wildman–Crippen LogP) is -0.0918. The molecule has 22 heavy (non-hydrogen) atoms. The van der Waals surface area contributed by atoms with E-state index in [1.54, 1.807) is 18.2 Å². The van der Waals surface area contributed by atoms with Crippen LogP contribution < -0.4 is 5.56 Å². The molecule has 2 aliphatic rings. The first-order valence-corrected chi connectivity index (χ1v) is 7.15. The Kier molecular flexibility index (Phi) is 3.26. The van der Waals surface area contributed by atoms with Gasteiger partial charge in [-0.15, -0.1) is 0 Å². The van der Waals surface area contributed by atoms with Gasteiger partial charge in [-0.2, -0.15) is 0 Å². The minimum Gasteiger partial charge on any atom is -0.624 e. The lowest BCUT2D eigenvalue weighted by Crippen LogP contribution is -2.38. The van der Waals surface area contributed by atoms with Crippen LogP contribution in [0.4, 0.5) is 0 Å². The van der Waals surface area contributed by atoms with Gasteiger partial charge < -0.3 is 15.8 Å². The molecular formula is C15H17N3O4. The number of aliphatic hydroxyl groups is 1. The summed E-state index contributed by atoms with van der Waals surface area (Å²) in [5.41, 5.74) is -0.551. The van der Waals surface area contributed by atoms with E-state index in [0.717, 1.165) is 11.2 Å². The summed E-state index contributed by atoms with van der Waals surface area (Å²) in [5.74, 6) is 0.309. The van der Waals surface area contributed by atoms with Crippen molar-refractivity contribution in [3.63, 3.8) is 0 Å². The molecule has 0 bridgehead atoms. The highest BCUT2D eigenvalue weighted by atomic mass is 16.5. The van der Waals surface area contributed by atoms with Gasteiger partial charge in [0, 0.05) is 25.8 Å². The van der Waals surface area contributed by atoms with E-state index in [0.29, 0.717) is 48.4 Å². The zero-order valence-electron chi connectivity index (χ0n) is 12.0. The summed E-state index contributed by atoms with van der Waals surface area (Å²) in [5, 5.41) is 23.5. The van der Waals surface area contributed by atoms with Gasteiger partial charge in [0.25, 0.3) is 5.56 Å². The molecule has 3 heterocycles. The van der Waals surface area contributed by atoms with E-state index in [2.05, 4.69) is 4.98 Å². The molecular weight excluding hydrogens is 286 g/mol. The van der Waals surface area contributed by atoms with Gasteiger partial charge in [-0.1, -0.05) is 12.1 Å². The summed E-state index contributed by atoms with van der Waals surface area (Å²) < 4.78 is 2.36. The minimum absolute atomic E-state index is 0. The average Bonchev–Trinajstić information content (AvgIpc) is 3.05. The topological polar surface area (TPSA) is 113 Å². The first kappa shape index (κ1) is 14.7. The standard InChI is InChI=1S/C15H15N3O3.H2O/c19-13-10-4-1-2-5-11(10)16-14-15(20,7-9-17(13)14)12-6-3-8-18(12)21;/h1-2,4-5,20H,3,6-9H2;1H2/t15-;/m0./s1. The van der Waals surface area contributed by atoms with E-state index in [4.69, 9.17) is 0 Å². The molecule has 0 unspecified atom stereocenters. The van der Waals surface area contributed by atoms with Crippen molar-refractivity contribution in [2.75, 3.05) is 6.54 Å². The quantitative estimate of drug-likeness (QED) is 0.585. The Morgan fingerprint density at radius 2 is 2.14 bits per heavy atom. The van der Waals surface area contributed by atoms with Crippen molar-refractivity contribution in [3.05, 3.63) is 45.7 Å². The van der Waals surface area contributed by atoms with E-state index in [-0.39, 0.29) is 11.0 Å². The maximum Gasteiger partial charge on any atom is 0.261 e. The highest BCUT2D eigenvalue weighted by molar-refractivity contribution is 5.90. The number of nitrogens with zero attached hydrogens (tertiary/aromatic N) is 3. The maximum atomic E-state index is 12.5. The van der Waals surface area contributed by atoms with Gasteiger partial charge in [-0.05, 0) is 12.1 Å². The number of hydroxylamine groups is 1. The second-order valence-electron chi connectivity index (χ2n) is 5.67. The van der Waals surface area contributed by atoms with Crippen molar-refractivity contribution in [1.82, 2.24) is 9.55 Å². The third kappa shape index (κ3) is 1.79. The number of benzene rings is 1. The molecule has 7 heteroatoms. The number of rotatable bonds is 1. The van der Waals surface area contributed by atoms with Crippen molar-refractivity contribution < 1.29 is 15.3 Å². The summed E-state index contributed by atoms with van der Waals surface area (Å²) in [7, 11) is 0. The van der Waals surface area contributed by atoms with E-state index in [9.17, 15) is 15.1 Å². The highest BCUT2D eigenvalue weighted by Gasteiger charge is 2.49. The van der Waals surface area contributed by atoms with Crippen LogP contribution in [-0.4, -0.2) is 37.1 Å². The lowest BCUT2D eigenvalue weighted by atomic mass is 9.93. The number of aromatic nitrogens is 2. The van der Waals surface area contributed by atoms with Crippen LogP contribution in [0.5, 0.6) is 0 Å². The first-order chi connectivity index (χ1) is 10.1. The average molecular weight is 303 g/mol. The summed E-state index contributed by atoms with van der Waals surface area (Å²) >= 11 is 0. The Labute approximate surface area is 126 Å². The monoisotopic (exact) mass is 303 g/mol. The number of fused-ring (bicyclic) bond motifs is 2. The fraction of sp³-hybridized carbons (Fsp3) is 0.400. The molecule has 1 aromatic carbocycles. The van der Waals surface area contributed by atoms with Crippen LogP contribution >= 0.6 is 0 Å². The molecule has 116 valence electrons.